The van der Waals surface area contributed by atoms with E-state index in [1.165, 1.54) is 17.4 Å². The molecule has 2 aromatic heterocycles. The third-order valence-corrected chi connectivity index (χ3v) is 6.03. The second-order valence-electron chi connectivity index (χ2n) is 7.33. The third kappa shape index (κ3) is 2.99. The minimum absolute atomic E-state index is 0.248. The molecule has 0 unspecified atom stereocenters. The molecular formula is C22H21N3O2S. The van der Waals surface area contributed by atoms with E-state index < -0.39 is 0 Å². The Morgan fingerprint density at radius 2 is 1.57 bits per heavy atom. The maximum atomic E-state index is 12.8. The molecule has 0 bridgehead atoms. The highest BCUT2D eigenvalue weighted by molar-refractivity contribution is 7.18. The molecule has 0 saturated carbocycles. The van der Waals surface area contributed by atoms with Crippen LogP contribution in [0.2, 0.25) is 0 Å². The van der Waals surface area contributed by atoms with Crippen LogP contribution >= 0.6 is 11.3 Å². The van der Waals surface area contributed by atoms with Crippen LogP contribution in [0.25, 0.3) is 16.0 Å². The van der Waals surface area contributed by atoms with Gasteiger partial charge >= 0.3 is 0 Å². The van der Waals surface area contributed by atoms with E-state index in [1.807, 2.05) is 58.9 Å². The minimum Gasteiger partial charge on any atom is -0.321 e. The summed E-state index contributed by atoms with van der Waals surface area (Å²) < 4.78 is 1.57. The number of rotatable bonds is 2. The number of anilines is 1. The highest BCUT2D eigenvalue weighted by Crippen LogP contribution is 2.25. The maximum Gasteiger partial charge on any atom is 0.266 e. The van der Waals surface area contributed by atoms with E-state index in [9.17, 15) is 9.59 Å². The fourth-order valence-corrected chi connectivity index (χ4v) is 4.48. The van der Waals surface area contributed by atoms with Crippen molar-refractivity contribution in [3.8, 4) is 0 Å². The predicted molar refractivity (Wildman–Crippen MR) is 115 cm³/mol. The number of amides is 1. The Bertz CT molecular complexity index is 1310. The molecule has 0 saturated heterocycles. The summed E-state index contributed by atoms with van der Waals surface area (Å²) in [5, 5.41) is 2.96. The van der Waals surface area contributed by atoms with Crippen molar-refractivity contribution in [2.24, 2.45) is 0 Å². The molecule has 142 valence electrons. The fourth-order valence-electron chi connectivity index (χ4n) is 3.56. The molecule has 0 fully saturated rings. The molecule has 4 aromatic rings. The van der Waals surface area contributed by atoms with Gasteiger partial charge < -0.3 is 5.32 Å². The van der Waals surface area contributed by atoms with Crippen LogP contribution in [0.4, 0.5) is 5.69 Å². The van der Waals surface area contributed by atoms with Crippen LogP contribution in [-0.2, 0) is 0 Å². The predicted octanol–water partition coefficient (Wildman–Crippen LogP) is 4.70. The lowest BCUT2D eigenvalue weighted by Crippen LogP contribution is -2.18. The number of nitrogens with zero attached hydrogens (tertiary/aromatic N) is 2. The van der Waals surface area contributed by atoms with Crippen LogP contribution in [0.15, 0.2) is 35.1 Å². The van der Waals surface area contributed by atoms with Crippen LogP contribution in [0.3, 0.4) is 0 Å². The number of carbonyl (C=O) groups excluding carboxylic acids is 1. The lowest BCUT2D eigenvalue weighted by atomic mass is 10.1. The monoisotopic (exact) mass is 391 g/mol. The van der Waals surface area contributed by atoms with Gasteiger partial charge in [-0.05, 0) is 69.0 Å². The first-order valence-electron chi connectivity index (χ1n) is 9.07. The van der Waals surface area contributed by atoms with Gasteiger partial charge in [-0.15, -0.1) is 0 Å². The molecule has 28 heavy (non-hydrogen) atoms. The SMILES string of the molecule is Cc1cc(C)c(NC(=O)c2cc(=O)n3c(nc4cc(C)c(C)cc43)s2)c(C)c1. The van der Waals surface area contributed by atoms with Crippen molar-refractivity contribution in [2.75, 3.05) is 5.32 Å². The van der Waals surface area contributed by atoms with Crippen LogP contribution in [0, 0.1) is 34.6 Å². The average Bonchev–Trinajstić information content (AvgIpc) is 2.95. The highest BCUT2D eigenvalue weighted by Gasteiger charge is 2.16. The van der Waals surface area contributed by atoms with Crippen molar-refractivity contribution in [1.29, 1.82) is 0 Å². The molecule has 0 spiro atoms. The molecule has 2 heterocycles. The Morgan fingerprint density at radius 1 is 0.929 bits per heavy atom. The number of hydrogen-bond donors (Lipinski definition) is 1. The van der Waals surface area contributed by atoms with Gasteiger partial charge in [0.1, 0.15) is 4.88 Å². The number of nitrogens with one attached hydrogen (secondary N) is 1. The topological polar surface area (TPSA) is 63.5 Å². The molecule has 1 N–H and O–H groups in total. The average molecular weight is 391 g/mol. The smallest absolute Gasteiger partial charge is 0.266 e. The van der Waals surface area contributed by atoms with Crippen LogP contribution in [0.1, 0.15) is 37.5 Å². The summed E-state index contributed by atoms with van der Waals surface area (Å²) in [7, 11) is 0. The molecule has 2 aromatic carbocycles. The first-order chi connectivity index (χ1) is 13.2. The number of aryl methyl sites for hydroxylation is 5. The van der Waals surface area contributed by atoms with Gasteiger partial charge in [0.15, 0.2) is 4.96 Å². The largest absolute Gasteiger partial charge is 0.321 e. The summed E-state index contributed by atoms with van der Waals surface area (Å²) in [5.41, 5.74) is 7.44. The van der Waals surface area contributed by atoms with Crippen molar-refractivity contribution in [3.05, 3.63) is 73.4 Å². The molecule has 0 radical (unpaired) electrons. The molecule has 0 aliphatic heterocycles. The van der Waals surface area contributed by atoms with E-state index in [0.29, 0.717) is 9.84 Å². The Labute approximate surface area is 166 Å². The molecule has 0 atom stereocenters. The number of fused-ring (bicyclic) bond motifs is 3. The Balaban J connectivity index is 1.80. The normalized spacial score (nSPS) is 11.3. The van der Waals surface area contributed by atoms with E-state index in [0.717, 1.165) is 44.5 Å². The fraction of sp³-hybridized carbons (Fsp3) is 0.227. The molecule has 5 nitrogen and oxygen atoms in total. The van der Waals surface area contributed by atoms with Gasteiger partial charge in [-0.3, -0.25) is 14.0 Å². The van der Waals surface area contributed by atoms with Crippen LogP contribution < -0.4 is 10.9 Å². The molecule has 1 amide bonds. The van der Waals surface area contributed by atoms with Crippen molar-refractivity contribution in [1.82, 2.24) is 9.38 Å². The van der Waals surface area contributed by atoms with E-state index >= 15 is 0 Å². The van der Waals surface area contributed by atoms with Crippen molar-refractivity contribution >= 4 is 38.9 Å². The quantitative estimate of drug-likeness (QED) is 0.538. The van der Waals surface area contributed by atoms with E-state index in [2.05, 4.69) is 10.3 Å². The first kappa shape index (κ1) is 18.4. The van der Waals surface area contributed by atoms with E-state index in [1.54, 1.807) is 4.40 Å². The zero-order chi connectivity index (χ0) is 20.2. The molecule has 0 aliphatic carbocycles. The maximum absolute atomic E-state index is 12.8. The molecule has 4 rings (SSSR count). The van der Waals surface area contributed by atoms with E-state index in [-0.39, 0.29) is 11.5 Å². The van der Waals surface area contributed by atoms with Gasteiger partial charge in [0, 0.05) is 11.8 Å². The third-order valence-electron chi connectivity index (χ3n) is 5.05. The van der Waals surface area contributed by atoms with Gasteiger partial charge in [-0.2, -0.15) is 0 Å². The summed E-state index contributed by atoms with van der Waals surface area (Å²) in [6, 6.07) is 9.39. The Kier molecular flexibility index (Phi) is 4.31. The first-order valence-corrected chi connectivity index (χ1v) is 9.89. The zero-order valence-electron chi connectivity index (χ0n) is 16.5. The number of benzene rings is 2. The van der Waals surface area contributed by atoms with Gasteiger partial charge in [0.25, 0.3) is 11.5 Å². The second-order valence-corrected chi connectivity index (χ2v) is 8.34. The van der Waals surface area contributed by atoms with Crippen molar-refractivity contribution in [2.45, 2.75) is 34.6 Å². The summed E-state index contributed by atoms with van der Waals surface area (Å²) >= 11 is 1.22. The van der Waals surface area contributed by atoms with Crippen LogP contribution in [-0.4, -0.2) is 15.3 Å². The standard InChI is InChI=1S/C22H21N3O2S/c1-11-6-14(4)20(15(5)7-11)24-21(27)18-10-19(26)25-17-9-13(3)12(2)8-16(17)23-22(25)28-18/h6-10H,1-5H3,(H,24,27). The summed E-state index contributed by atoms with van der Waals surface area (Å²) in [6.45, 7) is 9.99. The molecule has 6 heteroatoms. The number of hydrogen-bond acceptors (Lipinski definition) is 4. The van der Waals surface area contributed by atoms with Crippen molar-refractivity contribution < 1.29 is 4.79 Å². The summed E-state index contributed by atoms with van der Waals surface area (Å²) in [4.78, 5) is 31.0. The van der Waals surface area contributed by atoms with Gasteiger partial charge in [-0.25, -0.2) is 4.98 Å². The van der Waals surface area contributed by atoms with Crippen molar-refractivity contribution in [3.63, 3.8) is 0 Å². The lowest BCUT2D eigenvalue weighted by molar-refractivity contribution is 0.103. The zero-order valence-corrected chi connectivity index (χ0v) is 17.3. The number of imidazole rings is 1. The lowest BCUT2D eigenvalue weighted by Gasteiger charge is -2.12. The number of carbonyl (C=O) groups is 1. The molecule has 0 aliphatic rings. The molecular weight excluding hydrogens is 370 g/mol. The second kappa shape index (κ2) is 6.56. The van der Waals surface area contributed by atoms with Gasteiger partial charge in [0.05, 0.1) is 11.0 Å². The van der Waals surface area contributed by atoms with Crippen LogP contribution in [0.5, 0.6) is 0 Å². The van der Waals surface area contributed by atoms with Gasteiger partial charge in [-0.1, -0.05) is 29.0 Å². The minimum atomic E-state index is -0.293. The van der Waals surface area contributed by atoms with Gasteiger partial charge in [0.2, 0.25) is 0 Å². The van der Waals surface area contributed by atoms with E-state index in [4.69, 9.17) is 0 Å². The summed E-state index contributed by atoms with van der Waals surface area (Å²) in [6.07, 6.45) is 0. The Morgan fingerprint density at radius 3 is 2.25 bits per heavy atom. The highest BCUT2D eigenvalue weighted by atomic mass is 32.1. The Hall–Kier alpha value is -2.99. The summed E-state index contributed by atoms with van der Waals surface area (Å²) in [5.74, 6) is -0.293. The number of aromatic nitrogens is 2.